The summed E-state index contributed by atoms with van der Waals surface area (Å²) in [4.78, 5) is 16.4. The SMILES string of the molecule is CC[C@H]1OC(=O)[C@H](C)[C@@H](O[Si](C)(C)C)[C@H](C)[C@@H](O[C@@H]2O[C@H](C)C[C@H](N(C)C)[C@H]2O[Si](C)(C)C)[C@@]2(C)C[C@@H](C)C3(OC1(C)C=C3CCC(=N)N)O2. The minimum absolute atomic E-state index is 0.0631. The van der Waals surface area contributed by atoms with E-state index >= 15 is 0 Å². The lowest BCUT2D eigenvalue weighted by atomic mass is 9.78. The number of hydrogen-bond donors (Lipinski definition) is 2. The summed E-state index contributed by atoms with van der Waals surface area (Å²) in [5.41, 5.74) is 4.98. The van der Waals surface area contributed by atoms with Crippen LogP contribution in [0.5, 0.6) is 0 Å². The lowest BCUT2D eigenvalue weighted by Gasteiger charge is -2.50. The fraction of sp³-hybridized carbons (Fsp3) is 0.892. The van der Waals surface area contributed by atoms with Gasteiger partial charge in [-0.05, 0) is 118 Å². The van der Waals surface area contributed by atoms with Crippen molar-refractivity contribution in [2.75, 3.05) is 14.1 Å². The van der Waals surface area contributed by atoms with Crippen molar-refractivity contribution in [2.24, 2.45) is 23.5 Å². The number of nitrogens with zero attached hydrogens (tertiary/aromatic N) is 1. The lowest BCUT2D eigenvalue weighted by Crippen LogP contribution is -2.62. The molecule has 0 aliphatic carbocycles. The maximum absolute atomic E-state index is 14.2. The number of nitrogens with one attached hydrogen (secondary N) is 1. The number of ether oxygens (including phenoxy) is 5. The van der Waals surface area contributed by atoms with Crippen molar-refractivity contribution in [3.8, 4) is 0 Å². The molecule has 4 rings (SSSR count). The van der Waals surface area contributed by atoms with Crippen molar-refractivity contribution >= 4 is 28.4 Å². The van der Waals surface area contributed by atoms with Crippen molar-refractivity contribution < 1.29 is 37.3 Å². The van der Waals surface area contributed by atoms with Gasteiger partial charge < -0.3 is 43.2 Å². The highest BCUT2D eigenvalue weighted by molar-refractivity contribution is 6.70. The van der Waals surface area contributed by atoms with Gasteiger partial charge in [-0.2, -0.15) is 0 Å². The topological polar surface area (TPSA) is 135 Å². The molecule has 11 nitrogen and oxygen atoms in total. The van der Waals surface area contributed by atoms with Crippen LogP contribution >= 0.6 is 0 Å². The average Bonchev–Trinajstić information content (AvgIpc) is 3.41. The Balaban J connectivity index is 1.91. The second-order valence-electron chi connectivity index (χ2n) is 18.2. The first-order chi connectivity index (χ1) is 22.8. The molecular formula is C37H69N3O8Si2. The Bertz CT molecular complexity index is 1270. The van der Waals surface area contributed by atoms with Crippen molar-refractivity contribution in [3.63, 3.8) is 0 Å². The molecule has 2 unspecified atom stereocenters. The van der Waals surface area contributed by atoms with Gasteiger partial charge in [0, 0.05) is 24.3 Å². The maximum atomic E-state index is 14.2. The molecule has 0 radical (unpaired) electrons. The zero-order valence-corrected chi connectivity index (χ0v) is 35.7. The van der Waals surface area contributed by atoms with Gasteiger partial charge in [0.15, 0.2) is 28.7 Å². The lowest BCUT2D eigenvalue weighted by molar-refractivity contribution is -0.326. The number of amidine groups is 1. The molecule has 0 aromatic rings. The van der Waals surface area contributed by atoms with E-state index in [0.29, 0.717) is 25.7 Å². The van der Waals surface area contributed by atoms with Crippen LogP contribution in [0.3, 0.4) is 0 Å². The van der Waals surface area contributed by atoms with Gasteiger partial charge in [-0.15, -0.1) is 0 Å². The number of esters is 1. The van der Waals surface area contributed by atoms with E-state index in [0.717, 1.165) is 12.0 Å². The highest BCUT2D eigenvalue weighted by Gasteiger charge is 2.65. The number of fused-ring (bicyclic) bond motifs is 2. The predicted octanol–water partition coefficient (Wildman–Crippen LogP) is 6.43. The molecule has 4 aliphatic rings. The van der Waals surface area contributed by atoms with Gasteiger partial charge in [-0.3, -0.25) is 10.2 Å². The molecule has 3 fully saturated rings. The van der Waals surface area contributed by atoms with Crippen LogP contribution in [0.15, 0.2) is 11.6 Å². The molecule has 0 aromatic carbocycles. The molecule has 0 aromatic heterocycles. The maximum Gasteiger partial charge on any atom is 0.311 e. The molecule has 13 heteroatoms. The van der Waals surface area contributed by atoms with E-state index in [-0.39, 0.29) is 41.9 Å². The third kappa shape index (κ3) is 8.78. The number of cyclic esters (lactones) is 1. The molecule has 13 atom stereocenters. The minimum atomic E-state index is -2.19. The van der Waals surface area contributed by atoms with Crippen molar-refractivity contribution in [3.05, 3.63) is 11.6 Å². The summed E-state index contributed by atoms with van der Waals surface area (Å²) in [6.07, 6.45) is 2.18. The molecule has 3 saturated heterocycles. The van der Waals surface area contributed by atoms with E-state index in [1.807, 2.05) is 20.8 Å². The van der Waals surface area contributed by atoms with Crippen LogP contribution in [0.4, 0.5) is 0 Å². The third-order valence-electron chi connectivity index (χ3n) is 10.9. The first-order valence-electron chi connectivity index (χ1n) is 18.8. The van der Waals surface area contributed by atoms with Gasteiger partial charge in [-0.1, -0.05) is 20.8 Å². The Morgan fingerprint density at radius 2 is 1.62 bits per heavy atom. The van der Waals surface area contributed by atoms with Gasteiger partial charge in [0.2, 0.25) is 0 Å². The highest BCUT2D eigenvalue weighted by Crippen LogP contribution is 2.57. The molecule has 4 heterocycles. The smallest absolute Gasteiger partial charge is 0.311 e. The zero-order valence-electron chi connectivity index (χ0n) is 33.7. The van der Waals surface area contributed by atoms with Gasteiger partial charge in [-0.25, -0.2) is 0 Å². The number of carbonyl (C=O) groups is 1. The summed E-state index contributed by atoms with van der Waals surface area (Å²) in [6, 6.07) is 0.0773. The summed E-state index contributed by atoms with van der Waals surface area (Å²) < 4.78 is 48.8. The van der Waals surface area contributed by atoms with Gasteiger partial charge in [0.1, 0.15) is 17.8 Å². The molecule has 1 spiro atoms. The minimum Gasteiger partial charge on any atom is -0.459 e. The first kappa shape index (κ1) is 41.6. The third-order valence-corrected chi connectivity index (χ3v) is 12.9. The van der Waals surface area contributed by atoms with Crippen LogP contribution in [-0.2, 0) is 37.3 Å². The molecule has 288 valence electrons. The molecule has 0 saturated carbocycles. The Hall–Kier alpha value is -1.17. The fourth-order valence-electron chi connectivity index (χ4n) is 8.83. The summed E-state index contributed by atoms with van der Waals surface area (Å²) in [7, 11) is -0.0622. The van der Waals surface area contributed by atoms with Gasteiger partial charge in [0.05, 0.1) is 35.7 Å². The van der Waals surface area contributed by atoms with Crippen LogP contribution in [0.1, 0.15) is 80.6 Å². The van der Waals surface area contributed by atoms with Crippen LogP contribution in [-0.4, -0.2) is 107 Å². The largest absolute Gasteiger partial charge is 0.459 e. The molecule has 3 bridgehead atoms. The Labute approximate surface area is 304 Å². The van der Waals surface area contributed by atoms with E-state index in [1.165, 1.54) is 0 Å². The summed E-state index contributed by atoms with van der Waals surface area (Å²) in [5.74, 6) is -2.35. The summed E-state index contributed by atoms with van der Waals surface area (Å²) >= 11 is 0. The summed E-state index contributed by atoms with van der Waals surface area (Å²) in [6.45, 7) is 27.4. The summed E-state index contributed by atoms with van der Waals surface area (Å²) in [5, 5.41) is 8.04. The predicted molar refractivity (Wildman–Crippen MR) is 201 cm³/mol. The Kier molecular flexibility index (Phi) is 12.4. The standard InChI is InChI=1S/C37H69N3O8Si2/c1-16-28-35(6)21-26(17-18-29(38)39)37(47-35)22(2)20-36(7,48-37)32(24(4)30(45-49(10,11)12)25(5)33(41)43-28)44-34-31(46-50(13,14)15)27(40(8)9)19-23(3)42-34/h21-25,27-28,30-32,34H,16-20H2,1-15H3,(H3,38,39)/t22-,23-,24+,25-,27+,28-,30+,31-,32-,34+,35?,36-,37?/m1/s1. The second-order valence-corrected chi connectivity index (χ2v) is 27.1. The van der Waals surface area contributed by atoms with Crippen LogP contribution in [0.25, 0.3) is 0 Å². The van der Waals surface area contributed by atoms with E-state index in [1.54, 1.807) is 0 Å². The van der Waals surface area contributed by atoms with E-state index in [2.05, 4.69) is 92.0 Å². The van der Waals surface area contributed by atoms with Crippen LogP contribution < -0.4 is 5.73 Å². The fourth-order valence-corrected chi connectivity index (χ4v) is 11.1. The number of hydrogen-bond acceptors (Lipinski definition) is 10. The zero-order chi connectivity index (χ0) is 37.8. The molecule has 0 amide bonds. The van der Waals surface area contributed by atoms with Crippen molar-refractivity contribution in [2.45, 2.75) is 180 Å². The Morgan fingerprint density at radius 1 is 1.02 bits per heavy atom. The Morgan fingerprint density at radius 3 is 2.16 bits per heavy atom. The highest BCUT2D eigenvalue weighted by atomic mass is 28.4. The van der Waals surface area contributed by atoms with Gasteiger partial charge in [0.25, 0.3) is 0 Å². The quantitative estimate of drug-likeness (QED) is 0.0803. The number of nitrogens with two attached hydrogens (primary N) is 1. The number of carbonyl (C=O) groups excluding carboxylic acids is 1. The average molecular weight is 740 g/mol. The molecular weight excluding hydrogens is 671 g/mol. The second kappa shape index (κ2) is 14.9. The van der Waals surface area contributed by atoms with Gasteiger partial charge >= 0.3 is 5.97 Å². The number of rotatable bonds is 11. The first-order valence-corrected chi connectivity index (χ1v) is 25.6. The molecule has 50 heavy (non-hydrogen) atoms. The van der Waals surface area contributed by atoms with Crippen molar-refractivity contribution in [1.29, 1.82) is 5.41 Å². The van der Waals surface area contributed by atoms with Crippen LogP contribution in [0, 0.1) is 23.2 Å². The van der Waals surface area contributed by atoms with E-state index in [9.17, 15) is 4.79 Å². The van der Waals surface area contributed by atoms with Crippen molar-refractivity contribution in [1.82, 2.24) is 4.90 Å². The van der Waals surface area contributed by atoms with E-state index < -0.39 is 64.1 Å². The number of likely N-dealkylation sites (N-methyl/N-ethyl adjacent to an activating group) is 1. The normalized spacial score (nSPS) is 42.9. The monoisotopic (exact) mass is 739 g/mol. The molecule has 3 N–H and O–H groups in total. The van der Waals surface area contributed by atoms with Crippen LogP contribution in [0.2, 0.25) is 39.3 Å². The van der Waals surface area contributed by atoms with E-state index in [4.69, 9.17) is 43.7 Å². The molecule has 4 aliphatic heterocycles.